The maximum absolute atomic E-state index is 6.12. The molecular weight excluding hydrogens is 210 g/mol. The summed E-state index contributed by atoms with van der Waals surface area (Å²) in [5.41, 5.74) is 14.2. The van der Waals surface area contributed by atoms with Gasteiger partial charge in [-0.2, -0.15) is 0 Å². The van der Waals surface area contributed by atoms with E-state index in [1.165, 1.54) is 5.56 Å². The summed E-state index contributed by atoms with van der Waals surface area (Å²) in [4.78, 5) is 4.06. The lowest BCUT2D eigenvalue weighted by Gasteiger charge is -2.12. The number of hydrogen-bond acceptors (Lipinski definition) is 3. The normalized spacial score (nSPS) is 12.3. The predicted octanol–water partition coefficient (Wildman–Crippen LogP) is 1.78. The van der Waals surface area contributed by atoms with Gasteiger partial charge in [0.15, 0.2) is 0 Å². The van der Waals surface area contributed by atoms with Crippen LogP contribution in [0.25, 0.3) is 0 Å². The molecule has 0 saturated carbocycles. The maximum Gasteiger partial charge on any atom is 0.126 e. The van der Waals surface area contributed by atoms with Gasteiger partial charge in [-0.15, -0.1) is 0 Å². The molecule has 0 saturated heterocycles. The summed E-state index contributed by atoms with van der Waals surface area (Å²) in [6.07, 6.45) is 3.31. The Kier molecular flexibility index (Phi) is 3.73. The van der Waals surface area contributed by atoms with Crippen LogP contribution >= 0.6 is 0 Å². The first kappa shape index (κ1) is 11.6. The smallest absolute Gasteiger partial charge is 0.126 e. The van der Waals surface area contributed by atoms with E-state index in [9.17, 15) is 0 Å². The lowest BCUT2D eigenvalue weighted by Crippen LogP contribution is -2.26. The van der Waals surface area contributed by atoms with Crippen molar-refractivity contribution in [1.82, 2.24) is 4.98 Å². The van der Waals surface area contributed by atoms with Crippen molar-refractivity contribution in [2.75, 3.05) is 5.73 Å². The maximum atomic E-state index is 6.12. The van der Waals surface area contributed by atoms with Crippen molar-refractivity contribution in [2.45, 2.75) is 18.9 Å². The number of hydrogen-bond donors (Lipinski definition) is 2. The quantitative estimate of drug-likeness (QED) is 0.836. The minimum atomic E-state index is 0.0731. The van der Waals surface area contributed by atoms with Gasteiger partial charge in [0, 0.05) is 12.2 Å². The topological polar surface area (TPSA) is 64.9 Å². The molecule has 0 fully saturated rings. The van der Waals surface area contributed by atoms with E-state index in [0.717, 1.165) is 18.4 Å². The molecule has 2 rings (SSSR count). The average molecular weight is 227 g/mol. The van der Waals surface area contributed by atoms with E-state index in [0.29, 0.717) is 5.82 Å². The molecule has 0 spiro atoms. The van der Waals surface area contributed by atoms with Crippen molar-refractivity contribution < 1.29 is 0 Å². The zero-order valence-corrected chi connectivity index (χ0v) is 9.71. The third-order valence-corrected chi connectivity index (χ3v) is 2.75. The summed E-state index contributed by atoms with van der Waals surface area (Å²) in [5, 5.41) is 0. The van der Waals surface area contributed by atoms with E-state index in [1.807, 2.05) is 30.3 Å². The van der Waals surface area contributed by atoms with Gasteiger partial charge < -0.3 is 11.5 Å². The fraction of sp³-hybridized carbons (Fsp3) is 0.214. The summed E-state index contributed by atoms with van der Waals surface area (Å²) < 4.78 is 0. The SMILES string of the molecule is Nc1ncccc1CC(N)Cc1ccccc1. The summed E-state index contributed by atoms with van der Waals surface area (Å²) in [5.74, 6) is 0.580. The van der Waals surface area contributed by atoms with Crippen molar-refractivity contribution in [3.63, 3.8) is 0 Å². The molecule has 3 heteroatoms. The fourth-order valence-corrected chi connectivity index (χ4v) is 1.89. The largest absolute Gasteiger partial charge is 0.383 e. The van der Waals surface area contributed by atoms with Gasteiger partial charge in [-0.3, -0.25) is 0 Å². The van der Waals surface area contributed by atoms with E-state index < -0.39 is 0 Å². The molecule has 88 valence electrons. The van der Waals surface area contributed by atoms with Crippen molar-refractivity contribution in [1.29, 1.82) is 0 Å². The lowest BCUT2D eigenvalue weighted by atomic mass is 10.0. The highest BCUT2D eigenvalue weighted by molar-refractivity contribution is 5.39. The van der Waals surface area contributed by atoms with Gasteiger partial charge in [-0.1, -0.05) is 36.4 Å². The van der Waals surface area contributed by atoms with Crippen LogP contribution in [-0.4, -0.2) is 11.0 Å². The second-order valence-corrected chi connectivity index (χ2v) is 4.20. The first-order valence-electron chi connectivity index (χ1n) is 5.74. The van der Waals surface area contributed by atoms with E-state index in [1.54, 1.807) is 6.20 Å². The molecule has 2 aromatic rings. The van der Waals surface area contributed by atoms with Gasteiger partial charge in [-0.05, 0) is 30.0 Å². The average Bonchev–Trinajstić information content (AvgIpc) is 2.33. The molecule has 1 unspecified atom stereocenters. The van der Waals surface area contributed by atoms with E-state index in [4.69, 9.17) is 11.5 Å². The molecule has 0 amide bonds. The van der Waals surface area contributed by atoms with Crippen LogP contribution in [0.5, 0.6) is 0 Å². The summed E-state index contributed by atoms with van der Waals surface area (Å²) in [6.45, 7) is 0. The Balaban J connectivity index is 1.98. The highest BCUT2D eigenvalue weighted by Crippen LogP contribution is 2.11. The van der Waals surface area contributed by atoms with Crippen LogP contribution in [0.3, 0.4) is 0 Å². The minimum absolute atomic E-state index is 0.0731. The number of nitrogens with two attached hydrogens (primary N) is 2. The number of benzene rings is 1. The zero-order chi connectivity index (χ0) is 12.1. The summed E-state index contributed by atoms with van der Waals surface area (Å²) in [7, 11) is 0. The highest BCUT2D eigenvalue weighted by Gasteiger charge is 2.07. The number of nitrogens with zero attached hydrogens (tertiary/aromatic N) is 1. The number of aromatic nitrogens is 1. The van der Waals surface area contributed by atoms with Crippen molar-refractivity contribution in [3.05, 3.63) is 59.8 Å². The van der Waals surface area contributed by atoms with Crippen LogP contribution in [-0.2, 0) is 12.8 Å². The van der Waals surface area contributed by atoms with Gasteiger partial charge in [0.25, 0.3) is 0 Å². The van der Waals surface area contributed by atoms with Crippen LogP contribution in [0.4, 0.5) is 5.82 Å². The lowest BCUT2D eigenvalue weighted by molar-refractivity contribution is 0.664. The van der Waals surface area contributed by atoms with Crippen molar-refractivity contribution in [3.8, 4) is 0 Å². The Morgan fingerprint density at radius 2 is 1.76 bits per heavy atom. The molecule has 1 aromatic carbocycles. The summed E-state index contributed by atoms with van der Waals surface area (Å²) in [6, 6.07) is 14.2. The molecule has 1 aromatic heterocycles. The first-order chi connectivity index (χ1) is 8.25. The Hall–Kier alpha value is -1.87. The van der Waals surface area contributed by atoms with Crippen molar-refractivity contribution >= 4 is 5.82 Å². The Morgan fingerprint density at radius 1 is 1.00 bits per heavy atom. The van der Waals surface area contributed by atoms with Crippen LogP contribution in [0.2, 0.25) is 0 Å². The molecule has 0 aliphatic rings. The monoisotopic (exact) mass is 227 g/mol. The molecule has 0 radical (unpaired) electrons. The molecular formula is C14H17N3. The Labute approximate surface area is 101 Å². The number of anilines is 1. The molecule has 4 N–H and O–H groups in total. The van der Waals surface area contributed by atoms with E-state index in [2.05, 4.69) is 17.1 Å². The van der Waals surface area contributed by atoms with Crippen molar-refractivity contribution in [2.24, 2.45) is 5.73 Å². The molecule has 1 heterocycles. The minimum Gasteiger partial charge on any atom is -0.383 e. The number of pyridine rings is 1. The Bertz CT molecular complexity index is 468. The molecule has 3 nitrogen and oxygen atoms in total. The van der Waals surface area contributed by atoms with Gasteiger partial charge in [0.1, 0.15) is 5.82 Å². The third kappa shape index (κ3) is 3.29. The van der Waals surface area contributed by atoms with Crippen LogP contribution in [0.1, 0.15) is 11.1 Å². The van der Waals surface area contributed by atoms with Crippen LogP contribution < -0.4 is 11.5 Å². The number of rotatable bonds is 4. The molecule has 0 bridgehead atoms. The fourth-order valence-electron chi connectivity index (χ4n) is 1.89. The van der Waals surface area contributed by atoms with E-state index >= 15 is 0 Å². The predicted molar refractivity (Wildman–Crippen MR) is 70.5 cm³/mol. The molecule has 0 aliphatic carbocycles. The molecule has 1 atom stereocenters. The standard InChI is InChI=1S/C14H17N3/c15-13(9-11-5-2-1-3-6-11)10-12-7-4-8-17-14(12)16/h1-8,13H,9-10,15H2,(H2,16,17). The van der Waals surface area contributed by atoms with Gasteiger partial charge in [-0.25, -0.2) is 4.98 Å². The summed E-state index contributed by atoms with van der Waals surface area (Å²) >= 11 is 0. The van der Waals surface area contributed by atoms with E-state index in [-0.39, 0.29) is 6.04 Å². The van der Waals surface area contributed by atoms with Gasteiger partial charge in [0.05, 0.1) is 0 Å². The highest BCUT2D eigenvalue weighted by atomic mass is 14.8. The molecule has 17 heavy (non-hydrogen) atoms. The van der Waals surface area contributed by atoms with Crippen LogP contribution in [0.15, 0.2) is 48.7 Å². The zero-order valence-electron chi connectivity index (χ0n) is 9.71. The second kappa shape index (κ2) is 5.46. The van der Waals surface area contributed by atoms with Gasteiger partial charge >= 0.3 is 0 Å². The Morgan fingerprint density at radius 3 is 2.47 bits per heavy atom. The van der Waals surface area contributed by atoms with Gasteiger partial charge in [0.2, 0.25) is 0 Å². The number of nitrogen functional groups attached to an aromatic ring is 1. The second-order valence-electron chi connectivity index (χ2n) is 4.20. The third-order valence-electron chi connectivity index (χ3n) is 2.75. The first-order valence-corrected chi connectivity index (χ1v) is 5.74. The van der Waals surface area contributed by atoms with Crippen LogP contribution in [0, 0.1) is 0 Å². The molecule has 0 aliphatic heterocycles.